The maximum atomic E-state index is 9.45. The lowest BCUT2D eigenvalue weighted by atomic mass is 10.3. The summed E-state index contributed by atoms with van der Waals surface area (Å²) >= 11 is 0. The molecule has 1 aromatic rings. The number of aryl methyl sites for hydroxylation is 1. The molecule has 1 heterocycles. The van der Waals surface area contributed by atoms with Gasteiger partial charge in [-0.2, -0.15) is 0 Å². The molecule has 1 rings (SSSR count). The quantitative estimate of drug-likeness (QED) is 0.678. The SMILES string of the molecule is CCc1nc(NC)cc(NCC(O)CC)n1. The zero-order valence-corrected chi connectivity index (χ0v) is 10.1. The number of hydrogen-bond donors (Lipinski definition) is 3. The number of anilines is 2. The second kappa shape index (κ2) is 6.27. The van der Waals surface area contributed by atoms with Crippen molar-refractivity contribution in [2.45, 2.75) is 32.8 Å². The Morgan fingerprint density at radius 1 is 1.31 bits per heavy atom. The Morgan fingerprint density at radius 3 is 2.56 bits per heavy atom. The summed E-state index contributed by atoms with van der Waals surface area (Å²) in [6, 6.07) is 1.83. The van der Waals surface area contributed by atoms with Crippen LogP contribution in [0.15, 0.2) is 6.07 Å². The van der Waals surface area contributed by atoms with Crippen molar-refractivity contribution in [3.8, 4) is 0 Å². The molecule has 90 valence electrons. The highest BCUT2D eigenvalue weighted by molar-refractivity contribution is 5.47. The van der Waals surface area contributed by atoms with Gasteiger partial charge in [-0.3, -0.25) is 0 Å². The Kier molecular flexibility index (Phi) is 4.98. The average Bonchev–Trinajstić information content (AvgIpc) is 2.35. The summed E-state index contributed by atoms with van der Waals surface area (Å²) in [7, 11) is 1.83. The van der Waals surface area contributed by atoms with Gasteiger partial charge in [0.15, 0.2) is 0 Å². The molecule has 1 aromatic heterocycles. The van der Waals surface area contributed by atoms with E-state index in [9.17, 15) is 5.11 Å². The van der Waals surface area contributed by atoms with Crippen molar-refractivity contribution in [2.24, 2.45) is 0 Å². The van der Waals surface area contributed by atoms with Crippen LogP contribution in [0.1, 0.15) is 26.1 Å². The molecule has 5 heteroatoms. The lowest BCUT2D eigenvalue weighted by molar-refractivity contribution is 0.183. The van der Waals surface area contributed by atoms with Gasteiger partial charge < -0.3 is 15.7 Å². The number of aliphatic hydroxyl groups excluding tert-OH is 1. The van der Waals surface area contributed by atoms with Gasteiger partial charge >= 0.3 is 0 Å². The molecule has 0 saturated carbocycles. The van der Waals surface area contributed by atoms with E-state index in [2.05, 4.69) is 20.6 Å². The lowest BCUT2D eigenvalue weighted by Crippen LogP contribution is -2.19. The second-order valence-electron chi connectivity index (χ2n) is 3.60. The lowest BCUT2D eigenvalue weighted by Gasteiger charge is -2.11. The van der Waals surface area contributed by atoms with Crippen LogP contribution < -0.4 is 10.6 Å². The maximum absolute atomic E-state index is 9.45. The number of nitrogens with one attached hydrogen (secondary N) is 2. The first-order chi connectivity index (χ1) is 7.69. The highest BCUT2D eigenvalue weighted by Gasteiger charge is 2.04. The Bertz CT molecular complexity index is 308. The number of rotatable bonds is 6. The molecule has 1 unspecified atom stereocenters. The highest BCUT2D eigenvalue weighted by Crippen LogP contribution is 2.11. The van der Waals surface area contributed by atoms with Crippen molar-refractivity contribution >= 4 is 11.6 Å². The molecule has 1 atom stereocenters. The summed E-state index contributed by atoms with van der Waals surface area (Å²) in [5, 5.41) is 15.5. The van der Waals surface area contributed by atoms with Crippen molar-refractivity contribution < 1.29 is 5.11 Å². The second-order valence-corrected chi connectivity index (χ2v) is 3.60. The Balaban J connectivity index is 2.71. The van der Waals surface area contributed by atoms with Gasteiger partial charge in [-0.05, 0) is 6.42 Å². The molecular formula is C11H20N4O. The topological polar surface area (TPSA) is 70.1 Å². The molecular weight excluding hydrogens is 204 g/mol. The number of nitrogens with zero attached hydrogens (tertiary/aromatic N) is 2. The zero-order chi connectivity index (χ0) is 12.0. The van der Waals surface area contributed by atoms with Crippen LogP contribution in [0.5, 0.6) is 0 Å². The molecule has 0 bridgehead atoms. The van der Waals surface area contributed by atoms with E-state index in [0.29, 0.717) is 6.54 Å². The minimum absolute atomic E-state index is 0.335. The van der Waals surface area contributed by atoms with Gasteiger partial charge in [-0.25, -0.2) is 9.97 Å². The first-order valence-corrected chi connectivity index (χ1v) is 5.67. The zero-order valence-electron chi connectivity index (χ0n) is 10.1. The molecule has 0 fully saturated rings. The van der Waals surface area contributed by atoms with Gasteiger partial charge in [0.05, 0.1) is 6.10 Å². The van der Waals surface area contributed by atoms with E-state index in [0.717, 1.165) is 30.3 Å². The van der Waals surface area contributed by atoms with Crippen LogP contribution in [0.3, 0.4) is 0 Å². The van der Waals surface area contributed by atoms with Crippen LogP contribution in [0, 0.1) is 0 Å². The van der Waals surface area contributed by atoms with Crippen molar-refractivity contribution in [1.82, 2.24) is 9.97 Å². The van der Waals surface area contributed by atoms with Crippen molar-refractivity contribution in [3.05, 3.63) is 11.9 Å². The minimum atomic E-state index is -0.335. The van der Waals surface area contributed by atoms with Gasteiger partial charge in [-0.15, -0.1) is 0 Å². The predicted molar refractivity (Wildman–Crippen MR) is 65.7 cm³/mol. The van der Waals surface area contributed by atoms with Crippen molar-refractivity contribution in [1.29, 1.82) is 0 Å². The fourth-order valence-corrected chi connectivity index (χ4v) is 1.24. The van der Waals surface area contributed by atoms with Gasteiger partial charge in [0, 0.05) is 26.1 Å². The third kappa shape index (κ3) is 3.66. The molecule has 3 N–H and O–H groups in total. The predicted octanol–water partition coefficient (Wildman–Crippen LogP) is 1.26. The summed E-state index contributed by atoms with van der Waals surface area (Å²) < 4.78 is 0. The molecule has 0 amide bonds. The fourth-order valence-electron chi connectivity index (χ4n) is 1.24. The highest BCUT2D eigenvalue weighted by atomic mass is 16.3. The van der Waals surface area contributed by atoms with Gasteiger partial charge in [0.1, 0.15) is 17.5 Å². The fraction of sp³-hybridized carbons (Fsp3) is 0.636. The van der Waals surface area contributed by atoms with Crippen molar-refractivity contribution in [2.75, 3.05) is 24.2 Å². The summed E-state index contributed by atoms with van der Waals surface area (Å²) in [6.45, 7) is 4.47. The van der Waals surface area contributed by atoms with E-state index in [1.54, 1.807) is 0 Å². The van der Waals surface area contributed by atoms with E-state index in [4.69, 9.17) is 0 Å². The first kappa shape index (κ1) is 12.7. The standard InChI is InChI=1S/C11H20N4O/c1-4-8(16)7-13-11-6-10(12-3)14-9(5-2)15-11/h6,8,16H,4-5,7H2,1-3H3,(H2,12,13,14,15). The molecule has 0 radical (unpaired) electrons. The number of aromatic nitrogens is 2. The van der Waals surface area contributed by atoms with E-state index >= 15 is 0 Å². The number of hydrogen-bond acceptors (Lipinski definition) is 5. The maximum Gasteiger partial charge on any atom is 0.132 e. The van der Waals surface area contributed by atoms with E-state index < -0.39 is 0 Å². The third-order valence-electron chi connectivity index (χ3n) is 2.33. The monoisotopic (exact) mass is 224 g/mol. The molecule has 16 heavy (non-hydrogen) atoms. The van der Waals surface area contributed by atoms with Crippen LogP contribution in [0.25, 0.3) is 0 Å². The summed E-state index contributed by atoms with van der Waals surface area (Å²) in [4.78, 5) is 8.63. The molecule has 0 aliphatic carbocycles. The van der Waals surface area contributed by atoms with Crippen LogP contribution >= 0.6 is 0 Å². The first-order valence-electron chi connectivity index (χ1n) is 5.67. The Labute approximate surface area is 96.3 Å². The van der Waals surface area contributed by atoms with Crippen LogP contribution in [-0.4, -0.2) is 34.8 Å². The Hall–Kier alpha value is -1.36. The Morgan fingerprint density at radius 2 is 2.00 bits per heavy atom. The summed E-state index contributed by atoms with van der Waals surface area (Å²) in [5.41, 5.74) is 0. The van der Waals surface area contributed by atoms with Gasteiger partial charge in [-0.1, -0.05) is 13.8 Å². The smallest absolute Gasteiger partial charge is 0.132 e. The van der Waals surface area contributed by atoms with Crippen molar-refractivity contribution in [3.63, 3.8) is 0 Å². The van der Waals surface area contributed by atoms with Crippen LogP contribution in [-0.2, 0) is 6.42 Å². The van der Waals surface area contributed by atoms with Crippen LogP contribution in [0.2, 0.25) is 0 Å². The van der Waals surface area contributed by atoms with Gasteiger partial charge in [0.2, 0.25) is 0 Å². The van der Waals surface area contributed by atoms with E-state index in [1.165, 1.54) is 0 Å². The number of aliphatic hydroxyl groups is 1. The third-order valence-corrected chi connectivity index (χ3v) is 2.33. The molecule has 0 saturated heterocycles. The molecule has 0 aromatic carbocycles. The molecule has 5 nitrogen and oxygen atoms in total. The molecule has 0 aliphatic rings. The summed E-state index contributed by atoms with van der Waals surface area (Å²) in [5.74, 6) is 2.34. The molecule has 0 spiro atoms. The average molecular weight is 224 g/mol. The van der Waals surface area contributed by atoms with E-state index in [-0.39, 0.29) is 6.10 Å². The normalized spacial score (nSPS) is 12.2. The minimum Gasteiger partial charge on any atom is -0.391 e. The van der Waals surface area contributed by atoms with Gasteiger partial charge in [0.25, 0.3) is 0 Å². The molecule has 0 aliphatic heterocycles. The summed E-state index contributed by atoms with van der Waals surface area (Å²) in [6.07, 6.45) is 1.19. The van der Waals surface area contributed by atoms with Crippen LogP contribution in [0.4, 0.5) is 11.6 Å². The van der Waals surface area contributed by atoms with E-state index in [1.807, 2.05) is 27.0 Å². The largest absolute Gasteiger partial charge is 0.391 e.